The number of hydrogen-bond donors (Lipinski definition) is 2. The monoisotopic (exact) mass is 365 g/mol. The van der Waals surface area contributed by atoms with Gasteiger partial charge in [0.1, 0.15) is 17.3 Å². The van der Waals surface area contributed by atoms with Crippen molar-refractivity contribution in [1.29, 1.82) is 0 Å². The molecule has 2 atom stereocenters. The van der Waals surface area contributed by atoms with Gasteiger partial charge in [-0.3, -0.25) is 0 Å². The van der Waals surface area contributed by atoms with Crippen LogP contribution < -0.4 is 4.90 Å². The second kappa shape index (κ2) is 6.67. The lowest BCUT2D eigenvalue weighted by Crippen LogP contribution is -3.12. The Hall–Kier alpha value is -1.91. The summed E-state index contributed by atoms with van der Waals surface area (Å²) in [5, 5.41) is 11.8. The molecule has 0 bridgehead atoms. The highest BCUT2D eigenvalue weighted by atomic mass is 32.1. The number of nitrogens with zero attached hydrogens (tertiary/aromatic N) is 1. The molecule has 4 heteroatoms. The second-order valence-corrected chi connectivity index (χ2v) is 8.91. The largest absolute Gasteiger partial charge is 0.507 e. The highest BCUT2D eigenvalue weighted by Gasteiger charge is 2.28. The number of thiazole rings is 1. The molecule has 134 valence electrons. The van der Waals surface area contributed by atoms with E-state index in [1.165, 1.54) is 53.1 Å². The fourth-order valence-electron chi connectivity index (χ4n) is 4.66. The number of phenolic OH excluding ortho intramolecular Hbond substituents is 1. The van der Waals surface area contributed by atoms with Gasteiger partial charge in [0.25, 0.3) is 0 Å². The van der Waals surface area contributed by atoms with Crippen LogP contribution in [0.4, 0.5) is 0 Å². The van der Waals surface area contributed by atoms with Gasteiger partial charge in [-0.05, 0) is 67.5 Å². The number of phenols is 1. The summed E-state index contributed by atoms with van der Waals surface area (Å²) in [6.07, 6.45) is 6.00. The molecule has 1 aliphatic carbocycles. The lowest BCUT2D eigenvalue weighted by molar-refractivity contribution is -0.920. The van der Waals surface area contributed by atoms with Gasteiger partial charge in [-0.15, -0.1) is 11.3 Å². The first kappa shape index (κ1) is 16.3. The molecule has 2 N–H and O–H groups in total. The second-order valence-electron chi connectivity index (χ2n) is 7.84. The summed E-state index contributed by atoms with van der Waals surface area (Å²) >= 11 is 1.86. The third-order valence-corrected chi connectivity index (χ3v) is 7.21. The summed E-state index contributed by atoms with van der Waals surface area (Å²) in [5.74, 6) is 1.05. The topological polar surface area (TPSA) is 37.6 Å². The van der Waals surface area contributed by atoms with Crippen molar-refractivity contribution in [3.8, 4) is 5.75 Å². The quantitative estimate of drug-likeness (QED) is 0.746. The maximum absolute atomic E-state index is 10.5. The zero-order valence-corrected chi connectivity index (χ0v) is 15.8. The fraction of sp³-hybridized carbons (Fsp3) is 0.409. The van der Waals surface area contributed by atoms with Crippen LogP contribution in [-0.4, -0.2) is 23.2 Å². The van der Waals surface area contributed by atoms with E-state index >= 15 is 0 Å². The van der Waals surface area contributed by atoms with Crippen molar-refractivity contribution in [3.63, 3.8) is 0 Å². The van der Waals surface area contributed by atoms with Gasteiger partial charge < -0.3 is 10.0 Å². The van der Waals surface area contributed by atoms with Crippen molar-refractivity contribution in [1.82, 2.24) is 4.98 Å². The van der Waals surface area contributed by atoms with Crippen molar-refractivity contribution < 1.29 is 10.0 Å². The molecule has 3 aromatic rings. The lowest BCUT2D eigenvalue weighted by Gasteiger charge is -2.29. The van der Waals surface area contributed by atoms with Crippen molar-refractivity contribution >= 4 is 21.6 Å². The summed E-state index contributed by atoms with van der Waals surface area (Å²) in [6, 6.07) is 12.7. The molecule has 1 fully saturated rings. The summed E-state index contributed by atoms with van der Waals surface area (Å²) in [7, 11) is 0. The molecular formula is C22H25N2OS+. The zero-order chi connectivity index (χ0) is 17.5. The maximum atomic E-state index is 10.5. The van der Waals surface area contributed by atoms with E-state index in [0.29, 0.717) is 11.7 Å². The Bertz CT molecular complexity index is 915. The molecule has 0 spiro atoms. The van der Waals surface area contributed by atoms with Crippen LogP contribution in [0.5, 0.6) is 5.75 Å². The molecule has 3 nitrogen and oxygen atoms in total. The Morgan fingerprint density at radius 2 is 1.96 bits per heavy atom. The van der Waals surface area contributed by atoms with Crippen molar-refractivity contribution in [2.45, 2.75) is 44.6 Å². The van der Waals surface area contributed by atoms with E-state index in [1.54, 1.807) is 4.90 Å². The van der Waals surface area contributed by atoms with Crippen LogP contribution in [0.1, 0.15) is 46.9 Å². The van der Waals surface area contributed by atoms with Gasteiger partial charge in [0.15, 0.2) is 0 Å². The molecule has 0 amide bonds. The van der Waals surface area contributed by atoms with Crippen LogP contribution in [0.2, 0.25) is 0 Å². The Morgan fingerprint density at radius 1 is 1.12 bits per heavy atom. The van der Waals surface area contributed by atoms with E-state index in [1.807, 2.05) is 17.4 Å². The first-order valence-electron chi connectivity index (χ1n) is 9.79. The number of hydrogen-bond acceptors (Lipinski definition) is 3. The minimum absolute atomic E-state index is 0.500. The number of piperidine rings is 1. The minimum atomic E-state index is 0.500. The molecule has 0 saturated carbocycles. The Kier molecular flexibility index (Phi) is 4.18. The Labute approximate surface area is 158 Å². The molecule has 2 heterocycles. The molecule has 5 rings (SSSR count). The van der Waals surface area contributed by atoms with E-state index in [-0.39, 0.29) is 0 Å². The Balaban J connectivity index is 1.34. The van der Waals surface area contributed by atoms with E-state index < -0.39 is 0 Å². The normalized spacial score (nSPS) is 22.6. The van der Waals surface area contributed by atoms with Gasteiger partial charge in [0.2, 0.25) is 0 Å². The molecule has 2 aliphatic rings. The number of benzene rings is 2. The number of fused-ring (bicyclic) bond motifs is 2. The summed E-state index contributed by atoms with van der Waals surface area (Å²) in [5.41, 5.74) is 5.07. The fourth-order valence-corrected chi connectivity index (χ4v) is 5.76. The first-order valence-corrected chi connectivity index (χ1v) is 10.6. The van der Waals surface area contributed by atoms with E-state index in [9.17, 15) is 5.11 Å². The predicted molar refractivity (Wildman–Crippen MR) is 106 cm³/mol. The van der Waals surface area contributed by atoms with Crippen LogP contribution in [0.25, 0.3) is 10.2 Å². The van der Waals surface area contributed by atoms with Gasteiger partial charge in [-0.25, -0.2) is 4.98 Å². The molecule has 1 aromatic heterocycles. The van der Waals surface area contributed by atoms with Gasteiger partial charge in [0.05, 0.1) is 29.2 Å². The number of quaternary nitrogens is 1. The smallest absolute Gasteiger partial charge is 0.124 e. The van der Waals surface area contributed by atoms with Gasteiger partial charge in [-0.1, -0.05) is 12.1 Å². The average Bonchev–Trinajstić information content (AvgIpc) is 3.28. The number of aryl methyl sites for hydroxylation is 2. The van der Waals surface area contributed by atoms with Crippen molar-refractivity contribution in [2.75, 3.05) is 13.1 Å². The lowest BCUT2D eigenvalue weighted by atomic mass is 9.97. The maximum Gasteiger partial charge on any atom is 0.124 e. The Morgan fingerprint density at radius 3 is 2.85 bits per heavy atom. The zero-order valence-electron chi connectivity index (χ0n) is 15.0. The highest BCUT2D eigenvalue weighted by Crippen LogP contribution is 2.31. The molecule has 1 unspecified atom stereocenters. The summed E-state index contributed by atoms with van der Waals surface area (Å²) in [4.78, 5) is 6.48. The SMILES string of the molecule is Oc1cc2c(cc1C[NH+]1CCC[C@@H](c3nc4ccccc4s3)C1)CCC2. The number of likely N-dealkylation sites (tertiary alicyclic amines) is 1. The number of rotatable bonds is 3. The van der Waals surface area contributed by atoms with Gasteiger partial charge in [0, 0.05) is 5.56 Å². The molecule has 1 saturated heterocycles. The van der Waals surface area contributed by atoms with Crippen LogP contribution in [0.3, 0.4) is 0 Å². The van der Waals surface area contributed by atoms with E-state index in [4.69, 9.17) is 4.98 Å². The minimum Gasteiger partial charge on any atom is -0.507 e. The highest BCUT2D eigenvalue weighted by molar-refractivity contribution is 7.18. The summed E-state index contributed by atoms with van der Waals surface area (Å²) in [6.45, 7) is 3.24. The first-order chi connectivity index (χ1) is 12.8. The molecular weight excluding hydrogens is 340 g/mol. The number of aromatic hydroxyl groups is 1. The third-order valence-electron chi connectivity index (χ3n) is 6.01. The standard InChI is InChI=1S/C22H24N2OS/c25-20-12-16-6-3-5-15(16)11-18(20)14-24-10-4-7-17(13-24)22-23-19-8-1-2-9-21(19)26-22/h1-2,8-9,11-12,17,25H,3-7,10,13-14H2/p+1/t17-/m1/s1. The van der Waals surface area contributed by atoms with E-state index in [0.717, 1.165) is 30.6 Å². The van der Waals surface area contributed by atoms with Gasteiger partial charge in [-0.2, -0.15) is 0 Å². The van der Waals surface area contributed by atoms with E-state index in [2.05, 4.69) is 30.3 Å². The summed E-state index contributed by atoms with van der Waals surface area (Å²) < 4.78 is 1.30. The number of para-hydroxylation sites is 1. The van der Waals surface area contributed by atoms with Crippen molar-refractivity contribution in [2.24, 2.45) is 0 Å². The van der Waals surface area contributed by atoms with Crippen LogP contribution in [-0.2, 0) is 19.4 Å². The van der Waals surface area contributed by atoms with Crippen molar-refractivity contribution in [3.05, 3.63) is 58.1 Å². The molecule has 1 aliphatic heterocycles. The number of aromatic nitrogens is 1. The van der Waals surface area contributed by atoms with Crippen LogP contribution in [0, 0.1) is 0 Å². The number of nitrogens with one attached hydrogen (secondary N) is 1. The predicted octanol–water partition coefficient (Wildman–Crippen LogP) is 3.45. The van der Waals surface area contributed by atoms with Crippen LogP contribution in [0.15, 0.2) is 36.4 Å². The average molecular weight is 366 g/mol. The van der Waals surface area contributed by atoms with Gasteiger partial charge >= 0.3 is 0 Å². The van der Waals surface area contributed by atoms with Crippen LogP contribution >= 0.6 is 11.3 Å². The molecule has 0 radical (unpaired) electrons. The molecule has 26 heavy (non-hydrogen) atoms. The molecule has 2 aromatic carbocycles. The third kappa shape index (κ3) is 3.01.